The topological polar surface area (TPSA) is 74.3 Å². The summed E-state index contributed by atoms with van der Waals surface area (Å²) in [6, 6.07) is 1.58. The molecule has 1 fully saturated rings. The minimum atomic E-state index is -0.256. The summed E-state index contributed by atoms with van der Waals surface area (Å²) in [4.78, 5) is 29.0. The zero-order valence-electron chi connectivity index (χ0n) is 9.86. The average Bonchev–Trinajstić information content (AvgIpc) is 2.38. The Balaban J connectivity index is 2.24. The number of rotatable bonds is 2. The van der Waals surface area contributed by atoms with Gasteiger partial charge < -0.3 is 15.5 Å². The summed E-state index contributed by atoms with van der Waals surface area (Å²) in [7, 11) is 1.71. The predicted molar refractivity (Wildman–Crippen MR) is 67.7 cm³/mol. The molecule has 0 spiro atoms. The highest BCUT2D eigenvalue weighted by atomic mass is 35.5. The summed E-state index contributed by atoms with van der Waals surface area (Å²) in [5.41, 5.74) is 0.353. The molecule has 0 unspecified atom stereocenters. The summed E-state index contributed by atoms with van der Waals surface area (Å²) >= 11 is 5.97. The highest BCUT2D eigenvalue weighted by molar-refractivity contribution is 6.33. The van der Waals surface area contributed by atoms with Gasteiger partial charge in [0.25, 0.3) is 5.91 Å². The van der Waals surface area contributed by atoms with E-state index in [2.05, 4.69) is 15.6 Å². The van der Waals surface area contributed by atoms with Crippen molar-refractivity contribution < 1.29 is 9.59 Å². The van der Waals surface area contributed by atoms with Crippen LogP contribution < -0.4 is 10.6 Å². The zero-order valence-corrected chi connectivity index (χ0v) is 10.6. The Kier molecular flexibility index (Phi) is 3.66. The van der Waals surface area contributed by atoms with Crippen LogP contribution in [0, 0.1) is 0 Å². The highest BCUT2D eigenvalue weighted by Gasteiger charge is 2.24. The maximum Gasteiger partial charge on any atom is 0.256 e. The van der Waals surface area contributed by atoms with Crippen molar-refractivity contribution in [1.29, 1.82) is 0 Å². The normalized spacial score (nSPS) is 15.2. The van der Waals surface area contributed by atoms with E-state index in [-0.39, 0.29) is 23.4 Å². The Labute approximate surface area is 109 Å². The van der Waals surface area contributed by atoms with Gasteiger partial charge in [0.05, 0.1) is 17.1 Å². The second-order valence-electron chi connectivity index (χ2n) is 3.88. The van der Waals surface area contributed by atoms with Crippen LogP contribution in [0.15, 0.2) is 12.3 Å². The smallest absolute Gasteiger partial charge is 0.256 e. The SMILES string of the molecule is CNc1cc(C(=O)N2CCNC(=O)C2)c(Cl)cn1. The van der Waals surface area contributed by atoms with E-state index in [0.717, 1.165) is 0 Å². The summed E-state index contributed by atoms with van der Waals surface area (Å²) in [6.07, 6.45) is 1.42. The molecule has 2 amide bonds. The van der Waals surface area contributed by atoms with E-state index in [1.807, 2.05) is 0 Å². The Morgan fingerprint density at radius 2 is 2.39 bits per heavy atom. The molecule has 0 aromatic carbocycles. The van der Waals surface area contributed by atoms with E-state index in [1.165, 1.54) is 11.1 Å². The van der Waals surface area contributed by atoms with Crippen LogP contribution in [-0.4, -0.2) is 48.4 Å². The maximum atomic E-state index is 12.2. The van der Waals surface area contributed by atoms with Crippen molar-refractivity contribution in [3.05, 3.63) is 22.8 Å². The van der Waals surface area contributed by atoms with Crippen LogP contribution in [0.1, 0.15) is 10.4 Å². The molecule has 1 aromatic rings. The average molecular weight is 269 g/mol. The molecular formula is C11H13ClN4O2. The Bertz CT molecular complexity index is 492. The lowest BCUT2D eigenvalue weighted by Gasteiger charge is -2.27. The van der Waals surface area contributed by atoms with Crippen molar-refractivity contribution in [2.24, 2.45) is 0 Å². The lowest BCUT2D eigenvalue weighted by molar-refractivity contribution is -0.123. The van der Waals surface area contributed by atoms with Crippen LogP contribution in [0.2, 0.25) is 5.02 Å². The molecule has 0 aliphatic carbocycles. The Hall–Kier alpha value is -1.82. The Morgan fingerprint density at radius 3 is 3.06 bits per heavy atom. The van der Waals surface area contributed by atoms with Gasteiger partial charge in [-0.2, -0.15) is 0 Å². The summed E-state index contributed by atoms with van der Waals surface area (Å²) in [5, 5.41) is 5.79. The number of nitrogens with zero attached hydrogens (tertiary/aromatic N) is 2. The Morgan fingerprint density at radius 1 is 1.61 bits per heavy atom. The van der Waals surface area contributed by atoms with Gasteiger partial charge in [0.15, 0.2) is 0 Å². The quantitative estimate of drug-likeness (QED) is 0.812. The van der Waals surface area contributed by atoms with Gasteiger partial charge in [0.2, 0.25) is 5.91 Å². The van der Waals surface area contributed by atoms with Crippen LogP contribution in [0.3, 0.4) is 0 Å². The van der Waals surface area contributed by atoms with Crippen LogP contribution in [0.5, 0.6) is 0 Å². The molecule has 6 nitrogen and oxygen atoms in total. The number of aromatic nitrogens is 1. The maximum absolute atomic E-state index is 12.2. The molecule has 2 N–H and O–H groups in total. The number of piperazine rings is 1. The van der Waals surface area contributed by atoms with Crippen LogP contribution in [-0.2, 0) is 4.79 Å². The number of carbonyl (C=O) groups is 2. The summed E-state index contributed by atoms with van der Waals surface area (Å²) in [5.74, 6) is 0.145. The van der Waals surface area contributed by atoms with E-state index in [4.69, 9.17) is 11.6 Å². The van der Waals surface area contributed by atoms with E-state index < -0.39 is 0 Å². The predicted octanol–water partition coefficient (Wildman–Crippen LogP) is 0.349. The molecule has 0 atom stereocenters. The molecule has 1 aliphatic rings. The van der Waals surface area contributed by atoms with Gasteiger partial charge in [-0.25, -0.2) is 4.98 Å². The fourth-order valence-corrected chi connectivity index (χ4v) is 1.91. The fraction of sp³-hybridized carbons (Fsp3) is 0.364. The molecule has 18 heavy (non-hydrogen) atoms. The molecule has 1 aliphatic heterocycles. The number of carbonyl (C=O) groups excluding carboxylic acids is 2. The van der Waals surface area contributed by atoms with Crippen molar-refractivity contribution in [3.63, 3.8) is 0 Å². The zero-order chi connectivity index (χ0) is 13.1. The van der Waals surface area contributed by atoms with E-state index >= 15 is 0 Å². The van der Waals surface area contributed by atoms with Crippen molar-refractivity contribution >= 4 is 29.2 Å². The van der Waals surface area contributed by atoms with Gasteiger partial charge in [-0.15, -0.1) is 0 Å². The number of hydrogen-bond donors (Lipinski definition) is 2. The standard InChI is InChI=1S/C11H13ClN4O2/c1-13-9-4-7(8(12)5-15-9)11(18)16-3-2-14-10(17)6-16/h4-5H,2-3,6H2,1H3,(H,13,15)(H,14,17). The van der Waals surface area contributed by atoms with Crippen LogP contribution in [0.4, 0.5) is 5.82 Å². The van der Waals surface area contributed by atoms with Gasteiger partial charge >= 0.3 is 0 Å². The van der Waals surface area contributed by atoms with Gasteiger partial charge in [-0.1, -0.05) is 11.6 Å². The first-order chi connectivity index (χ1) is 8.61. The number of hydrogen-bond acceptors (Lipinski definition) is 4. The molecule has 96 valence electrons. The lowest BCUT2D eigenvalue weighted by atomic mass is 10.2. The first kappa shape index (κ1) is 12.6. The third-order valence-electron chi connectivity index (χ3n) is 2.67. The molecular weight excluding hydrogens is 256 g/mol. The van der Waals surface area contributed by atoms with Crippen molar-refractivity contribution in [1.82, 2.24) is 15.2 Å². The fourth-order valence-electron chi connectivity index (χ4n) is 1.72. The van der Waals surface area contributed by atoms with Crippen molar-refractivity contribution in [2.75, 3.05) is 32.0 Å². The van der Waals surface area contributed by atoms with Crippen molar-refractivity contribution in [2.45, 2.75) is 0 Å². The van der Waals surface area contributed by atoms with E-state index in [0.29, 0.717) is 24.5 Å². The molecule has 0 saturated carbocycles. The number of pyridine rings is 1. The largest absolute Gasteiger partial charge is 0.373 e. The van der Waals surface area contributed by atoms with Gasteiger partial charge in [0.1, 0.15) is 5.82 Å². The monoisotopic (exact) mass is 268 g/mol. The van der Waals surface area contributed by atoms with Crippen molar-refractivity contribution in [3.8, 4) is 0 Å². The van der Waals surface area contributed by atoms with E-state index in [1.54, 1.807) is 13.1 Å². The van der Waals surface area contributed by atoms with Gasteiger partial charge in [-0.3, -0.25) is 9.59 Å². The number of anilines is 1. The van der Waals surface area contributed by atoms with Crippen LogP contribution >= 0.6 is 11.6 Å². The second-order valence-corrected chi connectivity index (χ2v) is 4.28. The van der Waals surface area contributed by atoms with Gasteiger partial charge in [-0.05, 0) is 6.07 Å². The highest BCUT2D eigenvalue weighted by Crippen LogP contribution is 2.19. The number of amides is 2. The lowest BCUT2D eigenvalue weighted by Crippen LogP contribution is -2.50. The first-order valence-electron chi connectivity index (χ1n) is 5.51. The molecule has 1 aromatic heterocycles. The second kappa shape index (κ2) is 5.22. The minimum Gasteiger partial charge on any atom is -0.373 e. The summed E-state index contributed by atoms with van der Waals surface area (Å²) < 4.78 is 0. The molecule has 1 saturated heterocycles. The molecule has 0 bridgehead atoms. The molecule has 2 heterocycles. The van der Waals surface area contributed by atoms with E-state index in [9.17, 15) is 9.59 Å². The van der Waals surface area contributed by atoms with Crippen LogP contribution in [0.25, 0.3) is 0 Å². The molecule has 2 rings (SSSR count). The minimum absolute atomic E-state index is 0.0619. The first-order valence-corrected chi connectivity index (χ1v) is 5.89. The molecule has 0 radical (unpaired) electrons. The van der Waals surface area contributed by atoms with Gasteiger partial charge in [0, 0.05) is 26.3 Å². The summed E-state index contributed by atoms with van der Waals surface area (Å²) in [6.45, 7) is 1.01. The third-order valence-corrected chi connectivity index (χ3v) is 2.97. The molecule has 7 heteroatoms. The number of nitrogens with one attached hydrogen (secondary N) is 2. The third kappa shape index (κ3) is 2.53. The number of halogens is 1.